The fourth-order valence-corrected chi connectivity index (χ4v) is 1.48. The summed E-state index contributed by atoms with van der Waals surface area (Å²) in [6, 6.07) is 6.86. The van der Waals surface area contributed by atoms with E-state index in [-0.39, 0.29) is 18.4 Å². The number of nitrogens with one attached hydrogen (secondary N) is 2. The van der Waals surface area contributed by atoms with Gasteiger partial charge in [0.05, 0.1) is 6.54 Å². The molecule has 19 heavy (non-hydrogen) atoms. The second-order valence-corrected chi connectivity index (χ2v) is 4.25. The minimum atomic E-state index is -0.156. The molecule has 2 N–H and O–H groups in total. The molecule has 1 aromatic rings. The van der Waals surface area contributed by atoms with Crippen molar-refractivity contribution < 1.29 is 9.59 Å². The zero-order valence-electron chi connectivity index (χ0n) is 11.3. The van der Waals surface area contributed by atoms with Crippen LogP contribution in [0, 0.1) is 0 Å². The lowest BCUT2D eigenvalue weighted by Gasteiger charge is -2.11. The molecule has 0 heterocycles. The predicted octanol–water partition coefficient (Wildman–Crippen LogP) is 1.10. The van der Waals surface area contributed by atoms with Crippen molar-refractivity contribution in [2.75, 3.05) is 32.5 Å². The van der Waals surface area contributed by atoms with E-state index in [1.165, 1.54) is 4.90 Å². The Morgan fingerprint density at radius 3 is 2.74 bits per heavy atom. The quantitative estimate of drug-likeness (QED) is 0.595. The summed E-state index contributed by atoms with van der Waals surface area (Å²) in [7, 11) is 3.37. The third kappa shape index (κ3) is 4.93. The fraction of sp³-hybridized carbons (Fsp3) is 0.286. The summed E-state index contributed by atoms with van der Waals surface area (Å²) >= 11 is 0. The van der Waals surface area contributed by atoms with E-state index in [4.69, 9.17) is 0 Å². The minimum Gasteiger partial charge on any atom is -0.345 e. The number of benzene rings is 1. The van der Waals surface area contributed by atoms with Gasteiger partial charge in [0.2, 0.25) is 5.91 Å². The molecule has 5 heteroatoms. The van der Waals surface area contributed by atoms with Crippen molar-refractivity contribution >= 4 is 17.5 Å². The van der Waals surface area contributed by atoms with E-state index in [2.05, 4.69) is 17.2 Å². The molecule has 1 aromatic carbocycles. The van der Waals surface area contributed by atoms with Gasteiger partial charge in [-0.15, -0.1) is 6.58 Å². The Morgan fingerprint density at radius 1 is 1.37 bits per heavy atom. The van der Waals surface area contributed by atoms with Crippen LogP contribution in [0.3, 0.4) is 0 Å². The van der Waals surface area contributed by atoms with E-state index in [0.717, 1.165) is 0 Å². The van der Waals surface area contributed by atoms with Crippen LogP contribution in [0.25, 0.3) is 0 Å². The average molecular weight is 261 g/mol. The SMILES string of the molecule is C=CCNCC(=O)Nc1cccc(C(=O)N(C)C)c1. The molecule has 0 fully saturated rings. The van der Waals surface area contributed by atoms with Crippen LogP contribution < -0.4 is 10.6 Å². The lowest BCUT2D eigenvalue weighted by atomic mass is 10.2. The Bertz CT molecular complexity index is 470. The number of anilines is 1. The highest BCUT2D eigenvalue weighted by Gasteiger charge is 2.09. The Morgan fingerprint density at radius 2 is 2.11 bits per heavy atom. The van der Waals surface area contributed by atoms with Crippen LogP contribution in [0.4, 0.5) is 5.69 Å². The van der Waals surface area contributed by atoms with E-state index in [9.17, 15) is 9.59 Å². The molecule has 0 spiro atoms. The molecule has 0 radical (unpaired) electrons. The molecule has 0 aliphatic carbocycles. The summed E-state index contributed by atoms with van der Waals surface area (Å²) in [5.74, 6) is -0.253. The number of amides is 2. The summed E-state index contributed by atoms with van der Waals surface area (Å²) in [5, 5.41) is 5.63. The first-order valence-corrected chi connectivity index (χ1v) is 5.97. The van der Waals surface area contributed by atoms with Crippen LogP contribution in [0.15, 0.2) is 36.9 Å². The van der Waals surface area contributed by atoms with Crippen molar-refractivity contribution in [3.8, 4) is 0 Å². The van der Waals surface area contributed by atoms with Crippen LogP contribution in [-0.2, 0) is 4.79 Å². The van der Waals surface area contributed by atoms with E-state index >= 15 is 0 Å². The normalized spacial score (nSPS) is 9.79. The van der Waals surface area contributed by atoms with Gasteiger partial charge in [-0.2, -0.15) is 0 Å². The van der Waals surface area contributed by atoms with Gasteiger partial charge in [-0.3, -0.25) is 9.59 Å². The van der Waals surface area contributed by atoms with Gasteiger partial charge in [-0.05, 0) is 18.2 Å². The molecular formula is C14H19N3O2. The molecule has 1 rings (SSSR count). The Kier molecular flexibility index (Phi) is 5.75. The molecule has 0 atom stereocenters. The highest BCUT2D eigenvalue weighted by atomic mass is 16.2. The summed E-state index contributed by atoms with van der Waals surface area (Å²) in [4.78, 5) is 24.9. The Hall–Kier alpha value is -2.14. The van der Waals surface area contributed by atoms with Crippen molar-refractivity contribution in [3.63, 3.8) is 0 Å². The second kappa shape index (κ2) is 7.33. The predicted molar refractivity (Wildman–Crippen MR) is 76.2 cm³/mol. The first-order valence-electron chi connectivity index (χ1n) is 5.97. The standard InChI is InChI=1S/C14H19N3O2/c1-4-8-15-10-13(18)16-12-7-5-6-11(9-12)14(19)17(2)3/h4-7,9,15H,1,8,10H2,2-3H3,(H,16,18). The van der Waals surface area contributed by atoms with E-state index in [0.29, 0.717) is 17.8 Å². The largest absolute Gasteiger partial charge is 0.345 e. The van der Waals surface area contributed by atoms with Crippen LogP contribution in [0.2, 0.25) is 0 Å². The van der Waals surface area contributed by atoms with Gasteiger partial charge >= 0.3 is 0 Å². The van der Waals surface area contributed by atoms with Crippen molar-refractivity contribution in [2.24, 2.45) is 0 Å². The Labute approximate surface area is 113 Å². The summed E-state index contributed by atoms with van der Waals surface area (Å²) < 4.78 is 0. The van der Waals surface area contributed by atoms with Crippen LogP contribution in [0.5, 0.6) is 0 Å². The number of carbonyl (C=O) groups excluding carboxylic acids is 2. The molecule has 0 aromatic heterocycles. The van der Waals surface area contributed by atoms with E-state index in [1.807, 2.05) is 0 Å². The first-order chi connectivity index (χ1) is 9.04. The van der Waals surface area contributed by atoms with Crippen molar-refractivity contribution in [2.45, 2.75) is 0 Å². The third-order valence-electron chi connectivity index (χ3n) is 2.37. The van der Waals surface area contributed by atoms with Gasteiger partial charge in [-0.1, -0.05) is 12.1 Å². The zero-order valence-corrected chi connectivity index (χ0v) is 11.3. The molecular weight excluding hydrogens is 242 g/mol. The van der Waals surface area contributed by atoms with Crippen molar-refractivity contribution in [1.82, 2.24) is 10.2 Å². The van der Waals surface area contributed by atoms with Gasteiger partial charge in [0.15, 0.2) is 0 Å². The van der Waals surface area contributed by atoms with E-state index in [1.54, 1.807) is 44.4 Å². The number of hydrogen-bond donors (Lipinski definition) is 2. The maximum Gasteiger partial charge on any atom is 0.253 e. The number of rotatable bonds is 6. The molecule has 0 bridgehead atoms. The van der Waals surface area contributed by atoms with Crippen molar-refractivity contribution in [1.29, 1.82) is 0 Å². The lowest BCUT2D eigenvalue weighted by Crippen LogP contribution is -2.28. The third-order valence-corrected chi connectivity index (χ3v) is 2.37. The molecule has 0 aliphatic rings. The first kappa shape index (κ1) is 14.9. The number of hydrogen-bond acceptors (Lipinski definition) is 3. The summed E-state index contributed by atoms with van der Waals surface area (Å²) in [6.45, 7) is 4.33. The van der Waals surface area contributed by atoms with Gasteiger partial charge in [-0.25, -0.2) is 0 Å². The molecule has 0 saturated heterocycles. The molecule has 0 aliphatic heterocycles. The molecule has 0 unspecified atom stereocenters. The lowest BCUT2D eigenvalue weighted by molar-refractivity contribution is -0.115. The highest BCUT2D eigenvalue weighted by molar-refractivity contribution is 5.97. The second-order valence-electron chi connectivity index (χ2n) is 4.25. The Balaban J connectivity index is 2.64. The maximum absolute atomic E-state index is 11.8. The highest BCUT2D eigenvalue weighted by Crippen LogP contribution is 2.11. The number of carbonyl (C=O) groups is 2. The summed E-state index contributed by atoms with van der Waals surface area (Å²) in [5.41, 5.74) is 1.15. The fourth-order valence-electron chi connectivity index (χ4n) is 1.48. The smallest absolute Gasteiger partial charge is 0.253 e. The van der Waals surface area contributed by atoms with Crippen LogP contribution in [-0.4, -0.2) is 43.9 Å². The van der Waals surface area contributed by atoms with Gasteiger partial charge < -0.3 is 15.5 Å². The van der Waals surface area contributed by atoms with E-state index < -0.39 is 0 Å². The summed E-state index contributed by atoms with van der Waals surface area (Å²) in [6.07, 6.45) is 1.68. The monoisotopic (exact) mass is 261 g/mol. The zero-order chi connectivity index (χ0) is 14.3. The topological polar surface area (TPSA) is 61.4 Å². The molecule has 0 saturated carbocycles. The van der Waals surface area contributed by atoms with Crippen molar-refractivity contribution in [3.05, 3.63) is 42.5 Å². The molecule has 5 nitrogen and oxygen atoms in total. The molecule has 2 amide bonds. The van der Waals surface area contributed by atoms with Gasteiger partial charge in [0.25, 0.3) is 5.91 Å². The van der Waals surface area contributed by atoms with Crippen LogP contribution in [0.1, 0.15) is 10.4 Å². The van der Waals surface area contributed by atoms with Gasteiger partial charge in [0.1, 0.15) is 0 Å². The average Bonchev–Trinajstić information content (AvgIpc) is 2.38. The van der Waals surface area contributed by atoms with Gasteiger partial charge in [0, 0.05) is 31.9 Å². The minimum absolute atomic E-state index is 0.0964. The van der Waals surface area contributed by atoms with Crippen LogP contribution >= 0.6 is 0 Å². The molecule has 102 valence electrons. The maximum atomic E-state index is 11.8. The number of nitrogens with zero attached hydrogens (tertiary/aromatic N) is 1.